The van der Waals surface area contributed by atoms with Gasteiger partial charge >= 0.3 is 0 Å². The Morgan fingerprint density at radius 1 is 1.14 bits per heavy atom. The van der Waals surface area contributed by atoms with Crippen LogP contribution in [0.3, 0.4) is 0 Å². The molecule has 0 amide bonds. The molecule has 0 saturated carbocycles. The molecule has 0 saturated heterocycles. The number of nitrogens with zero attached hydrogens (tertiary/aromatic N) is 4. The monoisotopic (exact) mass is 393 g/mol. The number of anilines is 1. The van der Waals surface area contributed by atoms with Crippen LogP contribution >= 0.6 is 22.6 Å². The van der Waals surface area contributed by atoms with Crippen molar-refractivity contribution in [3.8, 4) is 11.4 Å². The molecular weight excluding hydrogens is 381 g/mol. The second-order valence-electron chi connectivity index (χ2n) is 4.39. The van der Waals surface area contributed by atoms with Crippen molar-refractivity contribution in [2.45, 2.75) is 6.61 Å². The second-order valence-corrected chi connectivity index (χ2v) is 5.46. The summed E-state index contributed by atoms with van der Waals surface area (Å²) in [4.78, 5) is 17.4. The number of methoxy groups -OCH3 is 1. The summed E-state index contributed by atoms with van der Waals surface area (Å²) >= 11 is 2.13. The fourth-order valence-corrected chi connectivity index (χ4v) is 2.37. The molecule has 7 heteroatoms. The summed E-state index contributed by atoms with van der Waals surface area (Å²) in [6, 6.07) is 5.71. The number of hydrogen-bond donors (Lipinski definition) is 1. The molecule has 0 aliphatic heterocycles. The van der Waals surface area contributed by atoms with E-state index in [1.54, 1.807) is 19.5 Å². The molecule has 21 heavy (non-hydrogen) atoms. The van der Waals surface area contributed by atoms with Gasteiger partial charge in [-0.1, -0.05) is 0 Å². The minimum Gasteiger partial charge on any atom is -0.383 e. The van der Waals surface area contributed by atoms with Crippen LogP contribution in [-0.4, -0.2) is 27.0 Å². The van der Waals surface area contributed by atoms with Crippen LogP contribution in [0.2, 0.25) is 0 Å². The fraction of sp³-hybridized carbons (Fsp3) is 0.143. The molecule has 1 aromatic carbocycles. The predicted molar refractivity (Wildman–Crippen MR) is 88.4 cm³/mol. The first kappa shape index (κ1) is 14.1. The second kappa shape index (κ2) is 5.86. The summed E-state index contributed by atoms with van der Waals surface area (Å²) in [6.45, 7) is 0.394. The van der Waals surface area contributed by atoms with Crippen molar-refractivity contribution in [2.24, 2.45) is 0 Å². The largest absolute Gasteiger partial charge is 0.383 e. The van der Waals surface area contributed by atoms with Crippen LogP contribution in [0.25, 0.3) is 22.4 Å². The minimum absolute atomic E-state index is 0.394. The zero-order chi connectivity index (χ0) is 14.8. The van der Waals surface area contributed by atoms with E-state index in [0.29, 0.717) is 18.2 Å². The quantitative estimate of drug-likeness (QED) is 0.688. The van der Waals surface area contributed by atoms with Crippen molar-refractivity contribution in [3.05, 3.63) is 39.9 Å². The molecule has 6 nitrogen and oxygen atoms in total. The summed E-state index contributed by atoms with van der Waals surface area (Å²) in [5.74, 6) is 1.01. The third-order valence-corrected chi connectivity index (χ3v) is 4.13. The van der Waals surface area contributed by atoms with Gasteiger partial charge in [-0.2, -0.15) is 0 Å². The van der Waals surface area contributed by atoms with Gasteiger partial charge in [0.05, 0.1) is 26.9 Å². The van der Waals surface area contributed by atoms with Crippen molar-refractivity contribution in [1.29, 1.82) is 0 Å². The molecule has 0 fully saturated rings. The number of fused-ring (bicyclic) bond motifs is 1. The Morgan fingerprint density at radius 2 is 1.90 bits per heavy atom. The molecule has 0 bridgehead atoms. The lowest BCUT2D eigenvalue weighted by Gasteiger charge is -2.08. The molecule has 2 heterocycles. The predicted octanol–water partition coefficient (Wildman–Crippen LogP) is 2.42. The Balaban J connectivity index is 2.13. The number of nitrogens with two attached hydrogens (primary N) is 1. The molecule has 0 unspecified atom stereocenters. The van der Waals surface area contributed by atoms with Gasteiger partial charge in [-0.3, -0.25) is 9.97 Å². The first-order valence-electron chi connectivity index (χ1n) is 6.21. The number of ether oxygens (including phenoxy) is 1. The highest BCUT2D eigenvalue weighted by Gasteiger charge is 2.12. The highest BCUT2D eigenvalue weighted by Crippen LogP contribution is 2.24. The minimum atomic E-state index is 0.394. The first-order chi connectivity index (χ1) is 10.2. The molecule has 0 aliphatic carbocycles. The van der Waals surface area contributed by atoms with Gasteiger partial charge in [-0.15, -0.1) is 0 Å². The van der Waals surface area contributed by atoms with Gasteiger partial charge in [0.15, 0.2) is 5.82 Å². The number of benzene rings is 1. The lowest BCUT2D eigenvalue weighted by molar-refractivity contribution is 0.181. The summed E-state index contributed by atoms with van der Waals surface area (Å²) < 4.78 is 5.97. The van der Waals surface area contributed by atoms with Crippen molar-refractivity contribution in [2.75, 3.05) is 12.8 Å². The third-order valence-electron chi connectivity index (χ3n) is 2.95. The van der Waals surface area contributed by atoms with E-state index in [1.165, 1.54) is 0 Å². The van der Waals surface area contributed by atoms with E-state index < -0.39 is 0 Å². The van der Waals surface area contributed by atoms with Gasteiger partial charge in [0.2, 0.25) is 0 Å². The Bertz CT molecular complexity index is 808. The molecule has 3 rings (SSSR count). The van der Waals surface area contributed by atoms with Crippen LogP contribution in [0.4, 0.5) is 5.82 Å². The van der Waals surface area contributed by atoms with E-state index in [4.69, 9.17) is 10.5 Å². The Hall–Kier alpha value is -1.87. The van der Waals surface area contributed by atoms with E-state index in [1.807, 2.05) is 18.2 Å². The van der Waals surface area contributed by atoms with Crippen molar-refractivity contribution in [1.82, 2.24) is 19.9 Å². The molecule has 0 spiro atoms. The van der Waals surface area contributed by atoms with Gasteiger partial charge in [-0.05, 0) is 40.8 Å². The topological polar surface area (TPSA) is 86.8 Å². The molecule has 2 aromatic heterocycles. The van der Waals surface area contributed by atoms with Crippen LogP contribution in [-0.2, 0) is 11.3 Å². The summed E-state index contributed by atoms with van der Waals surface area (Å²) in [5, 5.41) is 0. The molecule has 0 aliphatic rings. The van der Waals surface area contributed by atoms with Crippen LogP contribution in [0.15, 0.2) is 30.6 Å². The smallest absolute Gasteiger partial charge is 0.162 e. The lowest BCUT2D eigenvalue weighted by Crippen LogP contribution is -2.06. The van der Waals surface area contributed by atoms with Gasteiger partial charge in [0.25, 0.3) is 0 Å². The zero-order valence-corrected chi connectivity index (χ0v) is 13.4. The maximum atomic E-state index is 5.96. The van der Waals surface area contributed by atoms with E-state index in [9.17, 15) is 0 Å². The number of nitrogen functional groups attached to an aromatic ring is 1. The lowest BCUT2D eigenvalue weighted by atomic mass is 10.1. The van der Waals surface area contributed by atoms with Crippen molar-refractivity contribution >= 4 is 39.4 Å². The maximum Gasteiger partial charge on any atom is 0.162 e. The molecule has 0 radical (unpaired) electrons. The van der Waals surface area contributed by atoms with E-state index in [2.05, 4.69) is 42.5 Å². The summed E-state index contributed by atoms with van der Waals surface area (Å²) in [5.41, 5.74) is 9.21. The number of halogens is 1. The average molecular weight is 393 g/mol. The van der Waals surface area contributed by atoms with E-state index in [-0.39, 0.29) is 0 Å². The highest BCUT2D eigenvalue weighted by atomic mass is 127. The zero-order valence-electron chi connectivity index (χ0n) is 11.2. The van der Waals surface area contributed by atoms with E-state index in [0.717, 1.165) is 25.9 Å². The Kier molecular flexibility index (Phi) is 3.93. The van der Waals surface area contributed by atoms with Crippen LogP contribution in [0.1, 0.15) is 5.69 Å². The molecule has 3 aromatic rings. The van der Waals surface area contributed by atoms with Crippen LogP contribution in [0.5, 0.6) is 0 Å². The first-order valence-corrected chi connectivity index (χ1v) is 7.29. The molecular formula is C14H12IN5O. The average Bonchev–Trinajstić information content (AvgIpc) is 2.51. The van der Waals surface area contributed by atoms with Gasteiger partial charge in [0, 0.05) is 25.1 Å². The Morgan fingerprint density at radius 3 is 2.67 bits per heavy atom. The van der Waals surface area contributed by atoms with Gasteiger partial charge in [-0.25, -0.2) is 9.97 Å². The van der Waals surface area contributed by atoms with Crippen molar-refractivity contribution in [3.63, 3.8) is 0 Å². The summed E-state index contributed by atoms with van der Waals surface area (Å²) in [6.07, 6.45) is 3.32. The van der Waals surface area contributed by atoms with Crippen molar-refractivity contribution < 1.29 is 4.74 Å². The fourth-order valence-electron chi connectivity index (χ4n) is 1.98. The number of hydrogen-bond acceptors (Lipinski definition) is 6. The number of aromatic nitrogens is 4. The molecule has 106 valence electrons. The number of rotatable bonds is 3. The summed E-state index contributed by atoms with van der Waals surface area (Å²) in [7, 11) is 1.62. The van der Waals surface area contributed by atoms with E-state index >= 15 is 0 Å². The third kappa shape index (κ3) is 2.79. The van der Waals surface area contributed by atoms with Gasteiger partial charge < -0.3 is 10.5 Å². The highest BCUT2D eigenvalue weighted by molar-refractivity contribution is 14.1. The Labute approximate surface area is 134 Å². The SMILES string of the molecule is COCc1nc(-c2ccc3nccnc3c2)nc(N)c1I. The van der Waals surface area contributed by atoms with Gasteiger partial charge in [0.1, 0.15) is 5.82 Å². The standard InChI is InChI=1S/C14H12IN5O/c1-21-7-11-12(15)13(16)20-14(19-11)8-2-3-9-10(6-8)18-5-4-17-9/h2-6H,7H2,1H3,(H2,16,19,20). The maximum absolute atomic E-state index is 5.96. The molecule has 0 atom stereocenters. The van der Waals surface area contributed by atoms with Crippen LogP contribution < -0.4 is 5.73 Å². The van der Waals surface area contributed by atoms with Crippen LogP contribution in [0, 0.1) is 3.57 Å². The normalized spacial score (nSPS) is 11.0. The molecule has 2 N–H and O–H groups in total.